The molecule has 1 heterocycles. The van der Waals surface area contributed by atoms with Crippen LogP contribution < -0.4 is 16.0 Å². The van der Waals surface area contributed by atoms with Gasteiger partial charge in [-0.05, 0) is 36.8 Å². The molecule has 0 radical (unpaired) electrons. The number of carbonyl (C=O) groups is 1. The van der Waals surface area contributed by atoms with Gasteiger partial charge in [0.05, 0.1) is 6.54 Å². The standard InChI is InChI=1S/C19H24N4O/c1-15-7-8-16(20)13-18(15)21-19(24)14-22-9-11-23(12-10-22)17-5-3-2-4-6-17/h2-8,13H,9-12,14,20H2,1H3,(H,21,24). The quantitative estimate of drug-likeness (QED) is 0.848. The zero-order valence-corrected chi connectivity index (χ0v) is 14.0. The summed E-state index contributed by atoms with van der Waals surface area (Å²) >= 11 is 0. The van der Waals surface area contributed by atoms with Gasteiger partial charge in [0.25, 0.3) is 0 Å². The number of benzene rings is 2. The molecule has 24 heavy (non-hydrogen) atoms. The van der Waals surface area contributed by atoms with E-state index in [0.29, 0.717) is 12.2 Å². The molecule has 126 valence electrons. The van der Waals surface area contributed by atoms with Crippen LogP contribution in [0.2, 0.25) is 0 Å². The zero-order valence-electron chi connectivity index (χ0n) is 14.0. The average molecular weight is 324 g/mol. The highest BCUT2D eigenvalue weighted by Gasteiger charge is 2.19. The molecule has 0 bridgehead atoms. The summed E-state index contributed by atoms with van der Waals surface area (Å²) in [6.07, 6.45) is 0. The smallest absolute Gasteiger partial charge is 0.238 e. The Morgan fingerprint density at radius 1 is 1.08 bits per heavy atom. The second-order valence-corrected chi connectivity index (χ2v) is 6.22. The SMILES string of the molecule is Cc1ccc(N)cc1NC(=O)CN1CCN(c2ccccc2)CC1. The van der Waals surface area contributed by atoms with Crippen molar-refractivity contribution >= 4 is 23.0 Å². The van der Waals surface area contributed by atoms with Crippen molar-refractivity contribution in [2.75, 3.05) is 48.7 Å². The molecular weight excluding hydrogens is 300 g/mol. The molecule has 0 unspecified atom stereocenters. The van der Waals surface area contributed by atoms with Gasteiger partial charge in [-0.1, -0.05) is 24.3 Å². The maximum atomic E-state index is 12.3. The largest absolute Gasteiger partial charge is 0.399 e. The number of rotatable bonds is 4. The van der Waals surface area contributed by atoms with Crippen molar-refractivity contribution < 1.29 is 4.79 Å². The Morgan fingerprint density at radius 2 is 1.79 bits per heavy atom. The molecule has 5 nitrogen and oxygen atoms in total. The monoisotopic (exact) mass is 324 g/mol. The van der Waals surface area contributed by atoms with Crippen LogP contribution in [0.3, 0.4) is 0 Å². The Hall–Kier alpha value is -2.53. The molecule has 0 spiro atoms. The van der Waals surface area contributed by atoms with Crippen LogP contribution in [0.1, 0.15) is 5.56 Å². The molecule has 1 saturated heterocycles. The maximum Gasteiger partial charge on any atom is 0.238 e. The van der Waals surface area contributed by atoms with Crippen molar-refractivity contribution in [3.8, 4) is 0 Å². The minimum Gasteiger partial charge on any atom is -0.399 e. The van der Waals surface area contributed by atoms with Crippen LogP contribution in [-0.2, 0) is 4.79 Å². The number of carbonyl (C=O) groups excluding carboxylic acids is 1. The number of aryl methyl sites for hydroxylation is 1. The first kappa shape index (κ1) is 16.3. The predicted octanol–water partition coefficient (Wildman–Crippen LogP) is 2.34. The van der Waals surface area contributed by atoms with Gasteiger partial charge in [-0.3, -0.25) is 9.69 Å². The van der Waals surface area contributed by atoms with Gasteiger partial charge in [0.2, 0.25) is 5.91 Å². The molecule has 2 aromatic carbocycles. The fraction of sp³-hybridized carbons (Fsp3) is 0.316. The number of nitrogen functional groups attached to an aromatic ring is 1. The number of nitrogens with two attached hydrogens (primary N) is 1. The molecule has 1 amide bonds. The highest BCUT2D eigenvalue weighted by Crippen LogP contribution is 2.18. The van der Waals surface area contributed by atoms with Crippen LogP contribution in [0.15, 0.2) is 48.5 Å². The lowest BCUT2D eigenvalue weighted by atomic mass is 10.2. The van der Waals surface area contributed by atoms with Gasteiger partial charge >= 0.3 is 0 Å². The third kappa shape index (κ3) is 4.06. The van der Waals surface area contributed by atoms with E-state index in [-0.39, 0.29) is 5.91 Å². The van der Waals surface area contributed by atoms with Gasteiger partial charge in [-0.2, -0.15) is 0 Å². The van der Waals surface area contributed by atoms with Crippen LogP contribution in [0.5, 0.6) is 0 Å². The molecule has 0 aliphatic carbocycles. The summed E-state index contributed by atoms with van der Waals surface area (Å²) in [5, 5.41) is 2.97. The molecule has 3 N–H and O–H groups in total. The average Bonchev–Trinajstić information content (AvgIpc) is 2.59. The van der Waals surface area contributed by atoms with Gasteiger partial charge < -0.3 is 16.0 Å². The van der Waals surface area contributed by atoms with E-state index in [9.17, 15) is 4.79 Å². The number of para-hydroxylation sites is 1. The fourth-order valence-corrected chi connectivity index (χ4v) is 2.97. The van der Waals surface area contributed by atoms with E-state index in [4.69, 9.17) is 5.73 Å². The molecule has 1 aliphatic heterocycles. The van der Waals surface area contributed by atoms with E-state index in [2.05, 4.69) is 39.4 Å². The summed E-state index contributed by atoms with van der Waals surface area (Å²) in [6.45, 7) is 6.03. The normalized spacial score (nSPS) is 15.3. The third-order valence-electron chi connectivity index (χ3n) is 4.40. The van der Waals surface area contributed by atoms with Crippen molar-refractivity contribution in [2.24, 2.45) is 0 Å². The summed E-state index contributed by atoms with van der Waals surface area (Å²) in [5.41, 5.74) is 9.51. The number of hydrogen-bond acceptors (Lipinski definition) is 4. The van der Waals surface area contributed by atoms with Crippen molar-refractivity contribution in [1.82, 2.24) is 4.90 Å². The number of amides is 1. The first-order valence-electron chi connectivity index (χ1n) is 8.30. The van der Waals surface area contributed by atoms with Crippen LogP contribution in [0.25, 0.3) is 0 Å². The van der Waals surface area contributed by atoms with Crippen molar-refractivity contribution in [2.45, 2.75) is 6.92 Å². The summed E-state index contributed by atoms with van der Waals surface area (Å²) < 4.78 is 0. The Bertz CT molecular complexity index is 694. The second kappa shape index (κ2) is 7.36. The maximum absolute atomic E-state index is 12.3. The Labute approximate surface area is 143 Å². The lowest BCUT2D eigenvalue weighted by Gasteiger charge is -2.35. The second-order valence-electron chi connectivity index (χ2n) is 6.22. The summed E-state index contributed by atoms with van der Waals surface area (Å²) in [4.78, 5) is 16.8. The molecule has 2 aromatic rings. The van der Waals surface area contributed by atoms with Crippen molar-refractivity contribution in [3.05, 3.63) is 54.1 Å². The highest BCUT2D eigenvalue weighted by atomic mass is 16.2. The Kier molecular flexibility index (Phi) is 5.01. The molecule has 5 heteroatoms. The molecule has 1 fully saturated rings. The minimum absolute atomic E-state index is 0.0110. The number of anilines is 3. The van der Waals surface area contributed by atoms with Crippen LogP contribution >= 0.6 is 0 Å². The van der Waals surface area contributed by atoms with Crippen LogP contribution in [0.4, 0.5) is 17.1 Å². The van der Waals surface area contributed by atoms with Gasteiger partial charge in [0.15, 0.2) is 0 Å². The first-order valence-corrected chi connectivity index (χ1v) is 8.30. The first-order chi connectivity index (χ1) is 11.6. The van der Waals surface area contributed by atoms with Crippen LogP contribution in [0, 0.1) is 6.92 Å². The van der Waals surface area contributed by atoms with E-state index in [1.165, 1.54) is 5.69 Å². The molecule has 0 atom stereocenters. The number of hydrogen-bond donors (Lipinski definition) is 2. The van der Waals surface area contributed by atoms with Crippen LogP contribution in [-0.4, -0.2) is 43.5 Å². The fourth-order valence-electron chi connectivity index (χ4n) is 2.97. The third-order valence-corrected chi connectivity index (χ3v) is 4.40. The van der Waals surface area contributed by atoms with E-state index in [1.54, 1.807) is 6.07 Å². The molecular formula is C19H24N4O. The summed E-state index contributed by atoms with van der Waals surface area (Å²) in [6, 6.07) is 16.0. The highest BCUT2D eigenvalue weighted by molar-refractivity contribution is 5.93. The van der Waals surface area contributed by atoms with E-state index in [1.807, 2.05) is 25.1 Å². The minimum atomic E-state index is 0.0110. The van der Waals surface area contributed by atoms with Crippen molar-refractivity contribution in [1.29, 1.82) is 0 Å². The lowest BCUT2D eigenvalue weighted by molar-refractivity contribution is -0.117. The lowest BCUT2D eigenvalue weighted by Crippen LogP contribution is -2.48. The Morgan fingerprint density at radius 3 is 2.50 bits per heavy atom. The Balaban J connectivity index is 1.51. The molecule has 1 aliphatic rings. The van der Waals surface area contributed by atoms with E-state index >= 15 is 0 Å². The number of nitrogens with one attached hydrogen (secondary N) is 1. The van der Waals surface area contributed by atoms with Gasteiger partial charge in [0.1, 0.15) is 0 Å². The predicted molar refractivity (Wildman–Crippen MR) is 99.3 cm³/mol. The molecule has 3 rings (SSSR count). The number of nitrogens with zero attached hydrogens (tertiary/aromatic N) is 2. The van der Waals surface area contributed by atoms with Crippen molar-refractivity contribution in [3.63, 3.8) is 0 Å². The van der Waals surface area contributed by atoms with Gasteiger partial charge in [0, 0.05) is 43.2 Å². The van der Waals surface area contributed by atoms with Gasteiger partial charge in [-0.15, -0.1) is 0 Å². The van der Waals surface area contributed by atoms with E-state index in [0.717, 1.165) is 37.4 Å². The molecule has 0 aromatic heterocycles. The number of piperazine rings is 1. The topological polar surface area (TPSA) is 61.6 Å². The summed E-state index contributed by atoms with van der Waals surface area (Å²) in [5.74, 6) is 0.0110. The van der Waals surface area contributed by atoms with Gasteiger partial charge in [-0.25, -0.2) is 0 Å². The van der Waals surface area contributed by atoms with E-state index < -0.39 is 0 Å². The summed E-state index contributed by atoms with van der Waals surface area (Å²) in [7, 11) is 0. The zero-order chi connectivity index (χ0) is 16.9. The molecule has 0 saturated carbocycles.